The van der Waals surface area contributed by atoms with Crippen LogP contribution in [-0.4, -0.2) is 59.4 Å². The van der Waals surface area contributed by atoms with E-state index < -0.39 is 17.7 Å². The van der Waals surface area contributed by atoms with E-state index in [0.717, 1.165) is 24.2 Å². The standard InChI is InChI=1S/C28H35ClN2O4/c1-6-30(7-2)15-16-31-25(20-11-9-19(10-12-20)18(4)5)24(27(33)28(31)34)26(32)21-13-14-23(35-8-3)22(29)17-21/h9-14,17-18,25,32H,6-8,15-16H2,1-5H3/b26-24+. The molecule has 0 radical (unpaired) electrons. The van der Waals surface area contributed by atoms with Gasteiger partial charge in [-0.2, -0.15) is 0 Å². The SMILES string of the molecule is CCOc1ccc(/C(O)=C2\C(=O)C(=O)N(CCN(CC)CC)C2c2ccc(C(C)C)cc2)cc1Cl. The van der Waals surface area contributed by atoms with Crippen LogP contribution in [-0.2, 0) is 9.59 Å². The molecule has 1 aliphatic heterocycles. The van der Waals surface area contributed by atoms with E-state index in [-0.39, 0.29) is 11.3 Å². The summed E-state index contributed by atoms with van der Waals surface area (Å²) in [5.41, 5.74) is 2.38. The normalized spacial score (nSPS) is 17.6. The number of likely N-dealkylation sites (N-methyl/N-ethyl adjacent to an activating group) is 1. The van der Waals surface area contributed by atoms with Gasteiger partial charge in [-0.3, -0.25) is 9.59 Å². The zero-order chi connectivity index (χ0) is 25.7. The van der Waals surface area contributed by atoms with Crippen molar-refractivity contribution >= 4 is 29.1 Å². The first kappa shape index (κ1) is 26.8. The van der Waals surface area contributed by atoms with Crippen LogP contribution >= 0.6 is 11.6 Å². The number of Topliss-reactive ketones (excluding diaryl/α,β-unsaturated/α-hetero) is 1. The molecule has 7 heteroatoms. The number of hydrogen-bond acceptors (Lipinski definition) is 5. The molecule has 3 rings (SSSR count). The number of benzene rings is 2. The smallest absolute Gasteiger partial charge is 0.295 e. The maximum absolute atomic E-state index is 13.2. The number of halogens is 1. The summed E-state index contributed by atoms with van der Waals surface area (Å²) >= 11 is 6.34. The zero-order valence-electron chi connectivity index (χ0n) is 21.2. The van der Waals surface area contributed by atoms with Crippen molar-refractivity contribution in [1.29, 1.82) is 0 Å². The number of amides is 1. The van der Waals surface area contributed by atoms with Crippen molar-refractivity contribution in [2.45, 2.75) is 46.6 Å². The minimum absolute atomic E-state index is 0.0760. The molecule has 1 fully saturated rings. The number of carbonyl (C=O) groups is 2. The van der Waals surface area contributed by atoms with Gasteiger partial charge in [0.1, 0.15) is 11.5 Å². The van der Waals surface area contributed by atoms with Gasteiger partial charge >= 0.3 is 0 Å². The van der Waals surface area contributed by atoms with Crippen LogP contribution in [0.5, 0.6) is 5.75 Å². The summed E-state index contributed by atoms with van der Waals surface area (Å²) in [4.78, 5) is 30.2. The molecule has 0 bridgehead atoms. The van der Waals surface area contributed by atoms with Gasteiger partial charge in [0.15, 0.2) is 0 Å². The van der Waals surface area contributed by atoms with E-state index in [1.165, 1.54) is 0 Å². The molecule has 0 spiro atoms. The number of likely N-dealkylation sites (tertiary alicyclic amines) is 1. The zero-order valence-corrected chi connectivity index (χ0v) is 21.9. The van der Waals surface area contributed by atoms with Gasteiger partial charge < -0.3 is 19.6 Å². The molecule has 1 heterocycles. The van der Waals surface area contributed by atoms with Gasteiger partial charge in [-0.05, 0) is 55.3 Å². The Balaban J connectivity index is 2.10. The largest absolute Gasteiger partial charge is 0.507 e. The topological polar surface area (TPSA) is 70.1 Å². The second-order valence-corrected chi connectivity index (χ2v) is 9.33. The van der Waals surface area contributed by atoms with Crippen molar-refractivity contribution in [3.63, 3.8) is 0 Å². The third kappa shape index (κ3) is 5.71. The minimum atomic E-state index is -0.690. The second kappa shape index (κ2) is 11.7. The van der Waals surface area contributed by atoms with E-state index in [1.807, 2.05) is 31.2 Å². The van der Waals surface area contributed by atoms with Crippen molar-refractivity contribution < 1.29 is 19.4 Å². The van der Waals surface area contributed by atoms with Gasteiger partial charge in [-0.1, -0.05) is 63.6 Å². The van der Waals surface area contributed by atoms with E-state index in [1.54, 1.807) is 23.1 Å². The molecule has 1 saturated heterocycles. The van der Waals surface area contributed by atoms with Gasteiger partial charge in [0.05, 0.1) is 23.2 Å². The van der Waals surface area contributed by atoms with Crippen LogP contribution in [0.1, 0.15) is 63.3 Å². The highest BCUT2D eigenvalue weighted by Gasteiger charge is 2.46. The minimum Gasteiger partial charge on any atom is -0.507 e. The maximum atomic E-state index is 13.2. The van der Waals surface area contributed by atoms with Gasteiger partial charge in [-0.25, -0.2) is 0 Å². The quantitative estimate of drug-likeness (QED) is 0.261. The average molecular weight is 499 g/mol. The lowest BCUT2D eigenvalue weighted by molar-refractivity contribution is -0.140. The molecule has 1 N–H and O–H groups in total. The van der Waals surface area contributed by atoms with E-state index in [0.29, 0.717) is 41.9 Å². The van der Waals surface area contributed by atoms with Crippen LogP contribution < -0.4 is 4.74 Å². The summed E-state index contributed by atoms with van der Waals surface area (Å²) in [6.07, 6.45) is 0. The monoisotopic (exact) mass is 498 g/mol. The van der Waals surface area contributed by atoms with E-state index in [9.17, 15) is 14.7 Å². The first-order valence-electron chi connectivity index (χ1n) is 12.3. The highest BCUT2D eigenvalue weighted by Crippen LogP contribution is 2.40. The van der Waals surface area contributed by atoms with Crippen molar-refractivity contribution in [3.8, 4) is 5.75 Å². The molecule has 0 aliphatic carbocycles. The van der Waals surface area contributed by atoms with Crippen LogP contribution in [0.4, 0.5) is 0 Å². The predicted molar refractivity (Wildman–Crippen MR) is 140 cm³/mol. The molecule has 1 aliphatic rings. The number of carbonyl (C=O) groups excluding carboxylic acids is 2. The van der Waals surface area contributed by atoms with Gasteiger partial charge in [0.2, 0.25) is 0 Å². The Morgan fingerprint density at radius 3 is 2.29 bits per heavy atom. The van der Waals surface area contributed by atoms with Gasteiger partial charge in [0.25, 0.3) is 11.7 Å². The third-order valence-corrected chi connectivity index (χ3v) is 6.81. The van der Waals surface area contributed by atoms with E-state index in [4.69, 9.17) is 16.3 Å². The fourth-order valence-corrected chi connectivity index (χ4v) is 4.62. The molecule has 0 aromatic heterocycles. The van der Waals surface area contributed by atoms with Crippen molar-refractivity contribution in [1.82, 2.24) is 9.80 Å². The van der Waals surface area contributed by atoms with Gasteiger partial charge in [-0.15, -0.1) is 0 Å². The fraction of sp³-hybridized carbons (Fsp3) is 0.429. The van der Waals surface area contributed by atoms with Crippen molar-refractivity contribution in [2.24, 2.45) is 0 Å². The van der Waals surface area contributed by atoms with Crippen LogP contribution in [0.25, 0.3) is 5.76 Å². The maximum Gasteiger partial charge on any atom is 0.295 e. The number of nitrogens with zero attached hydrogens (tertiary/aromatic N) is 2. The number of aliphatic hydroxyl groups excluding tert-OH is 1. The molecular weight excluding hydrogens is 464 g/mol. The van der Waals surface area contributed by atoms with Crippen molar-refractivity contribution in [2.75, 3.05) is 32.8 Å². The second-order valence-electron chi connectivity index (χ2n) is 8.92. The Hall–Kier alpha value is -2.83. The Labute approximate surface area is 213 Å². The molecule has 1 atom stereocenters. The molecular formula is C28H35ClN2O4. The number of rotatable bonds is 10. The lowest BCUT2D eigenvalue weighted by Crippen LogP contribution is -2.38. The summed E-state index contributed by atoms with van der Waals surface area (Å²) in [6, 6.07) is 12.1. The Morgan fingerprint density at radius 1 is 1.09 bits per heavy atom. The molecule has 188 valence electrons. The van der Waals surface area contributed by atoms with Crippen LogP contribution in [0, 0.1) is 0 Å². The van der Waals surface area contributed by atoms with E-state index in [2.05, 4.69) is 32.6 Å². The number of hydrogen-bond donors (Lipinski definition) is 1. The number of ether oxygens (including phenoxy) is 1. The summed E-state index contributed by atoms with van der Waals surface area (Å²) in [5.74, 6) is -0.689. The third-order valence-electron chi connectivity index (χ3n) is 6.52. The lowest BCUT2D eigenvalue weighted by atomic mass is 9.93. The molecule has 0 saturated carbocycles. The fourth-order valence-electron chi connectivity index (χ4n) is 4.39. The molecule has 6 nitrogen and oxygen atoms in total. The Bertz CT molecular complexity index is 1090. The molecule has 35 heavy (non-hydrogen) atoms. The molecule has 1 unspecified atom stereocenters. The Kier molecular flexibility index (Phi) is 8.98. The summed E-state index contributed by atoms with van der Waals surface area (Å²) in [7, 11) is 0. The lowest BCUT2D eigenvalue weighted by Gasteiger charge is -2.28. The number of aliphatic hydroxyl groups is 1. The Morgan fingerprint density at radius 2 is 1.74 bits per heavy atom. The first-order chi connectivity index (χ1) is 16.7. The highest BCUT2D eigenvalue weighted by atomic mass is 35.5. The average Bonchev–Trinajstić information content (AvgIpc) is 3.10. The summed E-state index contributed by atoms with van der Waals surface area (Å²) in [6.45, 7) is 13.4. The number of ketones is 1. The first-order valence-corrected chi connectivity index (χ1v) is 12.6. The van der Waals surface area contributed by atoms with Gasteiger partial charge in [0, 0.05) is 18.7 Å². The van der Waals surface area contributed by atoms with E-state index >= 15 is 0 Å². The predicted octanol–water partition coefficient (Wildman–Crippen LogP) is 5.63. The van der Waals surface area contributed by atoms with Crippen LogP contribution in [0.3, 0.4) is 0 Å². The van der Waals surface area contributed by atoms with Crippen LogP contribution in [0.2, 0.25) is 5.02 Å². The molecule has 2 aromatic rings. The summed E-state index contributed by atoms with van der Waals surface area (Å²) in [5, 5.41) is 11.6. The molecule has 2 aromatic carbocycles. The summed E-state index contributed by atoms with van der Waals surface area (Å²) < 4.78 is 5.48. The highest BCUT2D eigenvalue weighted by molar-refractivity contribution is 6.46. The van der Waals surface area contributed by atoms with Crippen molar-refractivity contribution in [3.05, 3.63) is 69.8 Å². The van der Waals surface area contributed by atoms with Crippen LogP contribution in [0.15, 0.2) is 48.0 Å². The molecule has 1 amide bonds.